The van der Waals surface area contributed by atoms with E-state index in [1.807, 2.05) is 0 Å². The molecule has 0 atom stereocenters. The lowest BCUT2D eigenvalue weighted by molar-refractivity contribution is 0.218. The molecule has 0 saturated heterocycles. The van der Waals surface area contributed by atoms with Gasteiger partial charge in [0.2, 0.25) is 0 Å². The minimum absolute atomic E-state index is 0.212. The van der Waals surface area contributed by atoms with Crippen LogP contribution >= 0.6 is 0 Å². The van der Waals surface area contributed by atoms with Gasteiger partial charge in [-0.2, -0.15) is 5.26 Å². The van der Waals surface area contributed by atoms with E-state index in [4.69, 9.17) is 11.0 Å². The van der Waals surface area contributed by atoms with Crippen molar-refractivity contribution in [3.05, 3.63) is 35.1 Å². The van der Waals surface area contributed by atoms with Gasteiger partial charge in [0.25, 0.3) is 0 Å². The third-order valence-corrected chi connectivity index (χ3v) is 2.98. The second-order valence-electron chi connectivity index (χ2n) is 4.79. The van der Waals surface area contributed by atoms with Gasteiger partial charge < -0.3 is 5.73 Å². The van der Waals surface area contributed by atoms with Gasteiger partial charge in [-0.05, 0) is 31.5 Å². The first-order valence-electron chi connectivity index (χ1n) is 6.66. The summed E-state index contributed by atoms with van der Waals surface area (Å²) in [6.07, 6.45) is 0.485. The highest BCUT2D eigenvalue weighted by molar-refractivity contribution is 5.38. The van der Waals surface area contributed by atoms with Crippen LogP contribution in [0, 0.1) is 29.0 Å². The molecule has 0 fully saturated rings. The SMILES string of the molecule is CC(C)N(CCC#N)Cc1ccc(F)c(C#CCN)c1. The predicted molar refractivity (Wildman–Crippen MR) is 78.1 cm³/mol. The molecule has 0 aromatic heterocycles. The first kappa shape index (κ1) is 16.2. The fourth-order valence-corrected chi connectivity index (χ4v) is 1.86. The number of benzene rings is 1. The van der Waals surface area contributed by atoms with E-state index in [1.54, 1.807) is 12.1 Å². The van der Waals surface area contributed by atoms with Crippen molar-refractivity contribution in [2.45, 2.75) is 32.9 Å². The molecule has 1 rings (SSSR count). The van der Waals surface area contributed by atoms with E-state index in [1.165, 1.54) is 6.07 Å². The topological polar surface area (TPSA) is 53.0 Å². The molecular weight excluding hydrogens is 253 g/mol. The predicted octanol–water partition coefficient (Wildman–Crippen LogP) is 2.26. The molecule has 0 amide bonds. The minimum atomic E-state index is -0.331. The summed E-state index contributed by atoms with van der Waals surface area (Å²) in [7, 11) is 0. The van der Waals surface area contributed by atoms with Crippen LogP contribution in [-0.4, -0.2) is 24.0 Å². The number of hydrogen-bond donors (Lipinski definition) is 1. The van der Waals surface area contributed by atoms with Gasteiger partial charge in [-0.3, -0.25) is 4.90 Å². The first-order valence-corrected chi connectivity index (χ1v) is 6.66. The monoisotopic (exact) mass is 273 g/mol. The first-order chi connectivity index (χ1) is 9.58. The van der Waals surface area contributed by atoms with Crippen LogP contribution in [0.25, 0.3) is 0 Å². The number of nitrogens with two attached hydrogens (primary N) is 1. The van der Waals surface area contributed by atoms with Gasteiger partial charge in [-0.15, -0.1) is 0 Å². The van der Waals surface area contributed by atoms with Crippen molar-refractivity contribution >= 4 is 0 Å². The molecule has 0 aliphatic carbocycles. The van der Waals surface area contributed by atoms with Crippen molar-refractivity contribution in [2.24, 2.45) is 5.73 Å². The van der Waals surface area contributed by atoms with Gasteiger partial charge in [0.05, 0.1) is 18.2 Å². The van der Waals surface area contributed by atoms with E-state index >= 15 is 0 Å². The molecule has 0 spiro atoms. The van der Waals surface area contributed by atoms with Crippen molar-refractivity contribution in [3.8, 4) is 17.9 Å². The fourth-order valence-electron chi connectivity index (χ4n) is 1.86. The number of nitriles is 1. The van der Waals surface area contributed by atoms with Gasteiger partial charge in [-0.1, -0.05) is 17.9 Å². The maximum atomic E-state index is 13.6. The summed E-state index contributed by atoms with van der Waals surface area (Å²) in [5.41, 5.74) is 6.66. The Morgan fingerprint density at radius 2 is 2.15 bits per heavy atom. The highest BCUT2D eigenvalue weighted by Gasteiger charge is 2.11. The molecule has 1 aromatic carbocycles. The van der Waals surface area contributed by atoms with Crippen LogP contribution in [0.3, 0.4) is 0 Å². The van der Waals surface area contributed by atoms with E-state index < -0.39 is 0 Å². The van der Waals surface area contributed by atoms with Gasteiger partial charge >= 0.3 is 0 Å². The average Bonchev–Trinajstić information content (AvgIpc) is 2.43. The van der Waals surface area contributed by atoms with Crippen LogP contribution in [0.1, 0.15) is 31.4 Å². The Kier molecular flexibility index (Phi) is 6.73. The lowest BCUT2D eigenvalue weighted by Crippen LogP contribution is -2.31. The Morgan fingerprint density at radius 1 is 1.40 bits per heavy atom. The van der Waals surface area contributed by atoms with E-state index in [0.717, 1.165) is 5.56 Å². The van der Waals surface area contributed by atoms with Crippen LogP contribution in [0.5, 0.6) is 0 Å². The van der Waals surface area contributed by atoms with Crippen molar-refractivity contribution < 1.29 is 4.39 Å². The van der Waals surface area contributed by atoms with Gasteiger partial charge in [-0.25, -0.2) is 4.39 Å². The Balaban J connectivity index is 2.88. The number of nitrogens with zero attached hydrogens (tertiary/aromatic N) is 2. The molecular formula is C16H20FN3. The van der Waals surface area contributed by atoms with E-state index in [9.17, 15) is 4.39 Å². The lowest BCUT2D eigenvalue weighted by atomic mass is 10.1. The number of hydrogen-bond acceptors (Lipinski definition) is 3. The zero-order valence-electron chi connectivity index (χ0n) is 12.0. The molecule has 0 aliphatic heterocycles. The van der Waals surface area contributed by atoms with Crippen LogP contribution < -0.4 is 5.73 Å². The fraction of sp³-hybridized carbons (Fsp3) is 0.438. The van der Waals surface area contributed by atoms with E-state index in [-0.39, 0.29) is 12.4 Å². The molecule has 0 heterocycles. The Hall–Kier alpha value is -1.88. The third-order valence-electron chi connectivity index (χ3n) is 2.98. The Bertz CT molecular complexity index is 535. The molecule has 0 aliphatic rings. The Labute approximate surface area is 120 Å². The molecule has 2 N–H and O–H groups in total. The van der Waals surface area contributed by atoms with Crippen molar-refractivity contribution in [1.82, 2.24) is 4.90 Å². The van der Waals surface area contributed by atoms with Crippen LogP contribution in [-0.2, 0) is 6.54 Å². The highest BCUT2D eigenvalue weighted by atomic mass is 19.1. The summed E-state index contributed by atoms with van der Waals surface area (Å²) in [6, 6.07) is 7.41. The van der Waals surface area contributed by atoms with Gasteiger partial charge in [0.15, 0.2) is 0 Å². The molecule has 0 radical (unpaired) electrons. The van der Waals surface area contributed by atoms with Gasteiger partial charge in [0, 0.05) is 25.6 Å². The average molecular weight is 273 g/mol. The molecule has 0 saturated carbocycles. The second-order valence-corrected chi connectivity index (χ2v) is 4.79. The van der Waals surface area contributed by atoms with Gasteiger partial charge in [0.1, 0.15) is 5.82 Å². The standard InChI is InChI=1S/C16H20FN3/c1-13(2)20(10-4-9-19)12-14-6-7-16(17)15(11-14)5-3-8-18/h6-7,11,13H,4,8,10,12,18H2,1-2H3. The molecule has 3 nitrogen and oxygen atoms in total. The normalized spacial score (nSPS) is 10.2. The van der Waals surface area contributed by atoms with Crippen LogP contribution in [0.2, 0.25) is 0 Å². The molecule has 1 aromatic rings. The maximum Gasteiger partial charge on any atom is 0.138 e. The van der Waals surface area contributed by atoms with Crippen LogP contribution in [0.15, 0.2) is 18.2 Å². The van der Waals surface area contributed by atoms with Crippen LogP contribution in [0.4, 0.5) is 4.39 Å². The van der Waals surface area contributed by atoms with Crippen molar-refractivity contribution in [1.29, 1.82) is 5.26 Å². The van der Waals surface area contributed by atoms with E-state index in [2.05, 4.69) is 36.7 Å². The molecule has 4 heteroatoms. The number of halogens is 1. The van der Waals surface area contributed by atoms with Crippen molar-refractivity contribution in [2.75, 3.05) is 13.1 Å². The lowest BCUT2D eigenvalue weighted by Gasteiger charge is -2.25. The molecule has 0 bridgehead atoms. The quantitative estimate of drug-likeness (QED) is 0.837. The number of rotatable bonds is 5. The minimum Gasteiger partial charge on any atom is -0.320 e. The summed E-state index contributed by atoms with van der Waals surface area (Å²) < 4.78 is 13.6. The summed E-state index contributed by atoms with van der Waals surface area (Å²) >= 11 is 0. The largest absolute Gasteiger partial charge is 0.320 e. The van der Waals surface area contributed by atoms with E-state index in [0.29, 0.717) is 31.1 Å². The second kappa shape index (κ2) is 8.32. The summed E-state index contributed by atoms with van der Waals surface area (Å²) in [4.78, 5) is 2.18. The van der Waals surface area contributed by atoms with Crippen molar-refractivity contribution in [3.63, 3.8) is 0 Å². The smallest absolute Gasteiger partial charge is 0.138 e. The molecule has 106 valence electrons. The zero-order valence-corrected chi connectivity index (χ0v) is 12.0. The Morgan fingerprint density at radius 3 is 2.75 bits per heavy atom. The third kappa shape index (κ3) is 5.01. The zero-order chi connectivity index (χ0) is 15.0. The highest BCUT2D eigenvalue weighted by Crippen LogP contribution is 2.13. The molecule has 20 heavy (non-hydrogen) atoms. The molecule has 0 unspecified atom stereocenters. The summed E-state index contributed by atoms with van der Waals surface area (Å²) in [6.45, 7) is 5.75. The summed E-state index contributed by atoms with van der Waals surface area (Å²) in [5, 5.41) is 8.68. The summed E-state index contributed by atoms with van der Waals surface area (Å²) in [5.74, 6) is 5.07. The maximum absolute atomic E-state index is 13.6.